The van der Waals surface area contributed by atoms with E-state index in [4.69, 9.17) is 10.5 Å². The molecule has 0 aromatic rings. The summed E-state index contributed by atoms with van der Waals surface area (Å²) in [6.45, 7) is 2.03. The highest BCUT2D eigenvalue weighted by Crippen LogP contribution is 2.13. The Morgan fingerprint density at radius 3 is 2.82 bits per heavy atom. The molecule has 1 amide bonds. The van der Waals surface area contributed by atoms with Crippen molar-refractivity contribution in [2.24, 2.45) is 5.73 Å². The van der Waals surface area contributed by atoms with Crippen LogP contribution in [0, 0.1) is 0 Å². The lowest BCUT2D eigenvalue weighted by Gasteiger charge is -2.23. The van der Waals surface area contributed by atoms with Gasteiger partial charge < -0.3 is 15.2 Å². The highest BCUT2D eigenvalue weighted by molar-refractivity contribution is 5.76. The SMILES string of the molecule is COC(=O)CCN(CC(N)=O)CC1CCCO1. The Hall–Kier alpha value is -1.14. The normalized spacial score (nSPS) is 19.5. The molecule has 1 fully saturated rings. The van der Waals surface area contributed by atoms with Gasteiger partial charge in [0, 0.05) is 19.7 Å². The second-order valence-corrected chi connectivity index (χ2v) is 4.16. The fourth-order valence-corrected chi connectivity index (χ4v) is 1.88. The van der Waals surface area contributed by atoms with Crippen molar-refractivity contribution in [2.75, 3.05) is 33.4 Å². The van der Waals surface area contributed by atoms with Crippen molar-refractivity contribution in [1.29, 1.82) is 0 Å². The summed E-state index contributed by atoms with van der Waals surface area (Å²) in [5, 5.41) is 0. The average Bonchev–Trinajstić information content (AvgIpc) is 2.77. The van der Waals surface area contributed by atoms with E-state index in [-0.39, 0.29) is 25.0 Å². The van der Waals surface area contributed by atoms with Gasteiger partial charge >= 0.3 is 5.97 Å². The molecule has 2 N–H and O–H groups in total. The first-order valence-corrected chi connectivity index (χ1v) is 5.81. The Morgan fingerprint density at radius 2 is 2.29 bits per heavy atom. The molecule has 17 heavy (non-hydrogen) atoms. The standard InChI is InChI=1S/C11H20N2O4/c1-16-11(15)4-5-13(8-10(12)14)7-9-3-2-6-17-9/h9H,2-8H2,1H3,(H2,12,14). The van der Waals surface area contributed by atoms with Crippen molar-refractivity contribution in [3.05, 3.63) is 0 Å². The smallest absolute Gasteiger partial charge is 0.306 e. The molecule has 1 rings (SSSR count). The van der Waals surface area contributed by atoms with Crippen molar-refractivity contribution >= 4 is 11.9 Å². The monoisotopic (exact) mass is 244 g/mol. The topological polar surface area (TPSA) is 81.9 Å². The Labute approximate surface area is 101 Å². The molecule has 0 spiro atoms. The van der Waals surface area contributed by atoms with E-state index < -0.39 is 5.91 Å². The van der Waals surface area contributed by atoms with Gasteiger partial charge in [0.25, 0.3) is 0 Å². The first kappa shape index (κ1) is 13.9. The molecule has 0 aromatic heterocycles. The predicted molar refractivity (Wildman–Crippen MR) is 61.2 cm³/mol. The molecule has 0 aromatic carbocycles. The van der Waals surface area contributed by atoms with Crippen molar-refractivity contribution in [2.45, 2.75) is 25.4 Å². The zero-order valence-electron chi connectivity index (χ0n) is 10.2. The molecule has 1 heterocycles. The van der Waals surface area contributed by atoms with Gasteiger partial charge in [-0.2, -0.15) is 0 Å². The van der Waals surface area contributed by atoms with Gasteiger partial charge in [-0.05, 0) is 12.8 Å². The van der Waals surface area contributed by atoms with Gasteiger partial charge in [0.15, 0.2) is 0 Å². The third kappa shape index (κ3) is 5.65. The molecule has 0 saturated carbocycles. The molecule has 1 aliphatic heterocycles. The number of carbonyl (C=O) groups is 2. The van der Waals surface area contributed by atoms with E-state index in [2.05, 4.69) is 4.74 Å². The molecule has 1 atom stereocenters. The fraction of sp³-hybridized carbons (Fsp3) is 0.818. The Balaban J connectivity index is 2.35. The Morgan fingerprint density at radius 1 is 1.53 bits per heavy atom. The van der Waals surface area contributed by atoms with Gasteiger partial charge in [0.05, 0.1) is 26.2 Å². The molecule has 1 aliphatic rings. The van der Waals surface area contributed by atoms with Gasteiger partial charge in [-0.3, -0.25) is 14.5 Å². The molecule has 1 unspecified atom stereocenters. The van der Waals surface area contributed by atoms with Crippen LogP contribution in [0.25, 0.3) is 0 Å². The molecule has 0 aliphatic carbocycles. The van der Waals surface area contributed by atoms with Crippen LogP contribution in [0.5, 0.6) is 0 Å². The molecular formula is C11H20N2O4. The third-order valence-corrected chi connectivity index (χ3v) is 2.73. The van der Waals surface area contributed by atoms with Crippen LogP contribution in [0.15, 0.2) is 0 Å². The van der Waals surface area contributed by atoms with Crippen LogP contribution in [-0.4, -0.2) is 56.2 Å². The van der Waals surface area contributed by atoms with Crippen LogP contribution in [0.1, 0.15) is 19.3 Å². The lowest BCUT2D eigenvalue weighted by Crippen LogP contribution is -2.39. The van der Waals surface area contributed by atoms with Gasteiger partial charge in [0.1, 0.15) is 0 Å². The fourth-order valence-electron chi connectivity index (χ4n) is 1.88. The predicted octanol–water partition coefficient (Wildman–Crippen LogP) is -0.484. The van der Waals surface area contributed by atoms with Gasteiger partial charge in [-0.25, -0.2) is 0 Å². The van der Waals surface area contributed by atoms with Gasteiger partial charge in [0.2, 0.25) is 5.91 Å². The Kier molecular flexibility index (Phi) is 5.93. The highest BCUT2D eigenvalue weighted by Gasteiger charge is 2.20. The zero-order valence-corrected chi connectivity index (χ0v) is 10.2. The summed E-state index contributed by atoms with van der Waals surface area (Å²) in [6, 6.07) is 0. The van der Waals surface area contributed by atoms with E-state index in [1.165, 1.54) is 7.11 Å². The van der Waals surface area contributed by atoms with Crippen LogP contribution in [0.2, 0.25) is 0 Å². The number of esters is 1. The largest absolute Gasteiger partial charge is 0.469 e. The number of rotatable bonds is 7. The summed E-state index contributed by atoms with van der Waals surface area (Å²) in [6.07, 6.45) is 2.45. The van der Waals surface area contributed by atoms with Crippen molar-refractivity contribution in [1.82, 2.24) is 4.90 Å². The lowest BCUT2D eigenvalue weighted by molar-refractivity contribution is -0.141. The third-order valence-electron chi connectivity index (χ3n) is 2.73. The minimum absolute atomic E-state index is 0.145. The molecule has 1 saturated heterocycles. The number of hydrogen-bond acceptors (Lipinski definition) is 5. The van der Waals surface area contributed by atoms with Crippen molar-refractivity contribution in [3.63, 3.8) is 0 Å². The first-order chi connectivity index (χ1) is 8.11. The maximum atomic E-state index is 11.0. The quantitative estimate of drug-likeness (QED) is 0.611. The lowest BCUT2D eigenvalue weighted by atomic mass is 10.2. The minimum Gasteiger partial charge on any atom is -0.469 e. The number of ether oxygens (including phenoxy) is 2. The summed E-state index contributed by atoms with van der Waals surface area (Å²) in [7, 11) is 1.35. The maximum absolute atomic E-state index is 11.0. The molecule has 0 radical (unpaired) electrons. The summed E-state index contributed by atoms with van der Waals surface area (Å²) < 4.78 is 10.1. The van der Waals surface area contributed by atoms with E-state index in [9.17, 15) is 9.59 Å². The molecule has 0 bridgehead atoms. The highest BCUT2D eigenvalue weighted by atomic mass is 16.5. The van der Waals surface area contributed by atoms with Crippen LogP contribution >= 0.6 is 0 Å². The van der Waals surface area contributed by atoms with E-state index >= 15 is 0 Å². The van der Waals surface area contributed by atoms with E-state index in [1.807, 2.05) is 4.90 Å². The van der Waals surface area contributed by atoms with Gasteiger partial charge in [-0.1, -0.05) is 0 Å². The van der Waals surface area contributed by atoms with Crippen LogP contribution in [0.3, 0.4) is 0 Å². The van der Waals surface area contributed by atoms with E-state index in [0.29, 0.717) is 13.1 Å². The average molecular weight is 244 g/mol. The van der Waals surface area contributed by atoms with Crippen molar-refractivity contribution < 1.29 is 19.1 Å². The molecule has 6 nitrogen and oxygen atoms in total. The zero-order chi connectivity index (χ0) is 12.7. The second-order valence-electron chi connectivity index (χ2n) is 4.16. The first-order valence-electron chi connectivity index (χ1n) is 5.81. The van der Waals surface area contributed by atoms with Gasteiger partial charge in [-0.15, -0.1) is 0 Å². The van der Waals surface area contributed by atoms with Crippen LogP contribution in [0.4, 0.5) is 0 Å². The number of methoxy groups -OCH3 is 1. The molecule has 6 heteroatoms. The van der Waals surface area contributed by atoms with Crippen LogP contribution in [-0.2, 0) is 19.1 Å². The number of carbonyl (C=O) groups excluding carboxylic acids is 2. The number of amides is 1. The van der Waals surface area contributed by atoms with E-state index in [1.54, 1.807) is 0 Å². The van der Waals surface area contributed by atoms with Crippen LogP contribution < -0.4 is 5.73 Å². The summed E-state index contributed by atoms with van der Waals surface area (Å²) in [5.74, 6) is -0.681. The summed E-state index contributed by atoms with van der Waals surface area (Å²) in [4.78, 5) is 23.8. The maximum Gasteiger partial charge on any atom is 0.306 e. The second kappa shape index (κ2) is 7.24. The summed E-state index contributed by atoms with van der Waals surface area (Å²) in [5.41, 5.74) is 5.17. The number of hydrogen-bond donors (Lipinski definition) is 1. The minimum atomic E-state index is -0.395. The summed E-state index contributed by atoms with van der Waals surface area (Å²) >= 11 is 0. The number of nitrogens with zero attached hydrogens (tertiary/aromatic N) is 1. The van der Waals surface area contributed by atoms with E-state index in [0.717, 1.165) is 19.4 Å². The molecule has 98 valence electrons. The molecular weight excluding hydrogens is 224 g/mol. The Bertz CT molecular complexity index is 264. The number of primary amides is 1. The number of nitrogens with two attached hydrogens (primary N) is 1. The van der Waals surface area contributed by atoms with Crippen molar-refractivity contribution in [3.8, 4) is 0 Å².